The third kappa shape index (κ3) is 4.72. The van der Waals surface area contributed by atoms with E-state index in [0.29, 0.717) is 29.8 Å². The van der Waals surface area contributed by atoms with E-state index < -0.39 is 18.1 Å². The molecule has 0 saturated carbocycles. The lowest BCUT2D eigenvalue weighted by Crippen LogP contribution is -2.31. The minimum atomic E-state index is -3.45. The van der Waals surface area contributed by atoms with Gasteiger partial charge in [0, 0.05) is 27.0 Å². The van der Waals surface area contributed by atoms with Crippen molar-refractivity contribution in [1.82, 2.24) is 4.31 Å². The summed E-state index contributed by atoms with van der Waals surface area (Å²) >= 11 is 12.4. The van der Waals surface area contributed by atoms with Gasteiger partial charge >= 0.3 is 0 Å². The van der Waals surface area contributed by atoms with E-state index in [-0.39, 0.29) is 11.3 Å². The highest BCUT2D eigenvalue weighted by Crippen LogP contribution is 2.37. The monoisotopic (exact) mass is 393 g/mol. The second-order valence-electron chi connectivity index (χ2n) is 7.49. The maximum absolute atomic E-state index is 12.9. The molecule has 0 aromatic heterocycles. The number of halogens is 2. The highest BCUT2D eigenvalue weighted by atomic mass is 35.5. The number of benzene rings is 1. The van der Waals surface area contributed by atoms with Gasteiger partial charge in [-0.25, -0.2) is 8.42 Å². The summed E-state index contributed by atoms with van der Waals surface area (Å²) in [5.74, 6) is 0.772. The fourth-order valence-electron chi connectivity index (χ4n) is 3.32. The van der Waals surface area contributed by atoms with Crippen LogP contribution in [0.1, 0.15) is 0 Å². The molecule has 0 amide bonds. The highest BCUT2D eigenvalue weighted by molar-refractivity contribution is 7.89. The fraction of sp³-hybridized carbons (Fsp3) is 0.625. The molecule has 1 aromatic rings. The van der Waals surface area contributed by atoms with Crippen LogP contribution in [0.3, 0.4) is 0 Å². The first kappa shape index (κ1) is 19.3. The average molecular weight is 394 g/mol. The molecule has 1 aliphatic heterocycles. The highest BCUT2D eigenvalue weighted by Gasteiger charge is 2.43. The predicted octanol–water partition coefficient (Wildman–Crippen LogP) is 4.11. The van der Waals surface area contributed by atoms with E-state index in [9.17, 15) is 8.42 Å². The quantitative estimate of drug-likeness (QED) is 0.538. The third-order valence-corrected chi connectivity index (χ3v) is 8.89. The van der Waals surface area contributed by atoms with Crippen molar-refractivity contribution >= 4 is 41.3 Å². The van der Waals surface area contributed by atoms with Crippen molar-refractivity contribution in [1.29, 1.82) is 0 Å². The number of hydrogen-bond donors (Lipinski definition) is 0. The standard InChI is InChI=1S/C16H25Cl2NO2SSi/c1-23(2,3)12-13-10-19(11-15(13)16(18)9-17)22(20,21)14-7-5-4-6-8-14/h4-8,13,15-16H,9-12H2,1-3H3. The first-order valence-corrected chi connectivity index (χ1v) is 14.0. The number of rotatable bonds is 6. The molecule has 0 radical (unpaired) electrons. The molecule has 1 aliphatic rings. The van der Waals surface area contributed by atoms with E-state index in [1.807, 2.05) is 6.07 Å². The van der Waals surface area contributed by atoms with Gasteiger partial charge < -0.3 is 0 Å². The van der Waals surface area contributed by atoms with Gasteiger partial charge in [-0.15, -0.1) is 23.2 Å². The second-order valence-corrected chi connectivity index (χ2v) is 15.8. The van der Waals surface area contributed by atoms with Crippen molar-refractivity contribution in [3.8, 4) is 0 Å². The second kappa shape index (κ2) is 7.44. The Kier molecular flexibility index (Phi) is 6.23. The van der Waals surface area contributed by atoms with Crippen LogP contribution >= 0.6 is 23.2 Å². The summed E-state index contributed by atoms with van der Waals surface area (Å²) in [5.41, 5.74) is 0. The van der Waals surface area contributed by atoms with Gasteiger partial charge in [0.25, 0.3) is 0 Å². The predicted molar refractivity (Wildman–Crippen MR) is 101 cm³/mol. The normalized spacial score (nSPS) is 24.7. The molecular weight excluding hydrogens is 369 g/mol. The van der Waals surface area contributed by atoms with E-state index >= 15 is 0 Å². The topological polar surface area (TPSA) is 37.4 Å². The molecular formula is C16H25Cl2NO2SSi. The molecule has 1 aromatic carbocycles. The molecule has 3 unspecified atom stereocenters. The third-order valence-electron chi connectivity index (χ3n) is 4.33. The van der Waals surface area contributed by atoms with Crippen molar-refractivity contribution in [3.05, 3.63) is 30.3 Å². The molecule has 0 spiro atoms. The van der Waals surface area contributed by atoms with Crippen molar-refractivity contribution in [3.63, 3.8) is 0 Å². The lowest BCUT2D eigenvalue weighted by Gasteiger charge is -2.27. The summed E-state index contributed by atoms with van der Waals surface area (Å²) in [5, 5.41) is -0.186. The van der Waals surface area contributed by atoms with Crippen LogP contribution in [0.4, 0.5) is 0 Å². The zero-order chi connectivity index (χ0) is 17.3. The number of nitrogens with zero attached hydrogens (tertiary/aromatic N) is 1. The largest absolute Gasteiger partial charge is 0.243 e. The lowest BCUT2D eigenvalue weighted by molar-refractivity contribution is 0.440. The Labute approximate surface area is 151 Å². The molecule has 1 saturated heterocycles. The molecule has 7 heteroatoms. The van der Waals surface area contributed by atoms with Gasteiger partial charge in [0.1, 0.15) is 0 Å². The van der Waals surface area contributed by atoms with Crippen LogP contribution in [0.2, 0.25) is 25.7 Å². The van der Waals surface area contributed by atoms with Crippen LogP contribution in [-0.2, 0) is 10.0 Å². The van der Waals surface area contributed by atoms with E-state index in [2.05, 4.69) is 19.6 Å². The Morgan fingerprint density at radius 3 is 2.35 bits per heavy atom. The number of hydrogen-bond acceptors (Lipinski definition) is 2. The van der Waals surface area contributed by atoms with Crippen LogP contribution in [0.5, 0.6) is 0 Å². The number of sulfonamides is 1. The molecule has 0 bridgehead atoms. The summed E-state index contributed by atoms with van der Waals surface area (Å²) in [7, 11) is -4.77. The van der Waals surface area contributed by atoms with E-state index in [1.54, 1.807) is 28.6 Å². The van der Waals surface area contributed by atoms with Crippen molar-refractivity contribution in [2.24, 2.45) is 11.8 Å². The van der Waals surface area contributed by atoms with Gasteiger partial charge in [0.15, 0.2) is 0 Å². The maximum Gasteiger partial charge on any atom is 0.243 e. The van der Waals surface area contributed by atoms with Gasteiger partial charge in [0.05, 0.1) is 10.3 Å². The van der Waals surface area contributed by atoms with Crippen molar-refractivity contribution in [2.45, 2.75) is 36.0 Å². The fourth-order valence-corrected chi connectivity index (χ4v) is 7.39. The SMILES string of the molecule is C[Si](C)(C)CC1CN(S(=O)(=O)c2ccccc2)CC1C(Cl)CCl. The molecule has 2 rings (SSSR count). The zero-order valence-electron chi connectivity index (χ0n) is 13.9. The van der Waals surface area contributed by atoms with Crippen LogP contribution < -0.4 is 0 Å². The smallest absolute Gasteiger partial charge is 0.207 e. The molecule has 0 aliphatic carbocycles. The van der Waals surface area contributed by atoms with Crippen LogP contribution in [0.25, 0.3) is 0 Å². The first-order valence-electron chi connectivity index (χ1n) is 7.90. The van der Waals surface area contributed by atoms with Crippen molar-refractivity contribution < 1.29 is 8.42 Å². The van der Waals surface area contributed by atoms with E-state index in [4.69, 9.17) is 23.2 Å². The molecule has 1 fully saturated rings. The van der Waals surface area contributed by atoms with Crippen LogP contribution in [0.15, 0.2) is 35.2 Å². The van der Waals surface area contributed by atoms with Crippen LogP contribution in [-0.4, -0.2) is 45.1 Å². The van der Waals surface area contributed by atoms with Gasteiger partial charge in [-0.2, -0.15) is 4.31 Å². The molecule has 23 heavy (non-hydrogen) atoms. The minimum absolute atomic E-state index is 0.124. The van der Waals surface area contributed by atoms with E-state index in [1.165, 1.54) is 0 Å². The minimum Gasteiger partial charge on any atom is -0.207 e. The molecule has 3 nitrogen and oxygen atoms in total. The summed E-state index contributed by atoms with van der Waals surface area (Å²) in [4.78, 5) is 0.351. The average Bonchev–Trinajstić information content (AvgIpc) is 2.90. The Balaban J connectivity index is 2.25. The molecule has 1 heterocycles. The Morgan fingerprint density at radius 2 is 1.83 bits per heavy atom. The van der Waals surface area contributed by atoms with Gasteiger partial charge in [-0.05, 0) is 24.0 Å². The summed E-state index contributed by atoms with van der Waals surface area (Å²) in [6.07, 6.45) is 0. The first-order chi connectivity index (χ1) is 10.6. The lowest BCUT2D eigenvalue weighted by atomic mass is 9.95. The van der Waals surface area contributed by atoms with E-state index in [0.717, 1.165) is 6.04 Å². The van der Waals surface area contributed by atoms with Gasteiger partial charge in [0.2, 0.25) is 10.0 Å². The van der Waals surface area contributed by atoms with Gasteiger partial charge in [-0.3, -0.25) is 0 Å². The van der Waals surface area contributed by atoms with Crippen LogP contribution in [0, 0.1) is 11.8 Å². The van der Waals surface area contributed by atoms with Crippen molar-refractivity contribution in [2.75, 3.05) is 19.0 Å². The molecule has 0 N–H and O–H groups in total. The zero-order valence-corrected chi connectivity index (χ0v) is 17.2. The Morgan fingerprint density at radius 1 is 1.22 bits per heavy atom. The summed E-state index contributed by atoms with van der Waals surface area (Å²) < 4.78 is 27.3. The Bertz CT molecular complexity index is 619. The maximum atomic E-state index is 12.9. The summed E-state index contributed by atoms with van der Waals surface area (Å²) in [6.45, 7) is 7.94. The number of alkyl halides is 2. The Hall–Kier alpha value is -0.0731. The van der Waals surface area contributed by atoms with Gasteiger partial charge in [-0.1, -0.05) is 43.9 Å². The molecule has 3 atom stereocenters. The molecule has 130 valence electrons. The summed E-state index contributed by atoms with van der Waals surface area (Å²) in [6, 6.07) is 9.69.